The number of benzene rings is 2. The van der Waals surface area contributed by atoms with Gasteiger partial charge in [-0.3, -0.25) is 9.59 Å². The molecular formula is C21H25FN2O2. The summed E-state index contributed by atoms with van der Waals surface area (Å²) >= 11 is 0. The molecule has 1 atom stereocenters. The monoisotopic (exact) mass is 356 g/mol. The molecule has 0 bridgehead atoms. The Morgan fingerprint density at radius 3 is 2.27 bits per heavy atom. The standard InChI is InChI=1S/C21H25FN2O2/c1-4-7-15-10-12-16(13-11-15)23-21(26)19(14(2)3)24-20(25)17-8-5-6-9-18(17)22/h5-6,8-14,19H,4,7H2,1-3H3,(H,23,26)(H,24,25). The smallest absolute Gasteiger partial charge is 0.254 e. The highest BCUT2D eigenvalue weighted by molar-refractivity contribution is 6.01. The van der Waals surface area contributed by atoms with Crippen molar-refractivity contribution < 1.29 is 14.0 Å². The van der Waals surface area contributed by atoms with E-state index in [1.165, 1.54) is 23.8 Å². The Morgan fingerprint density at radius 1 is 1.04 bits per heavy atom. The minimum absolute atomic E-state index is 0.0742. The Morgan fingerprint density at radius 2 is 1.69 bits per heavy atom. The van der Waals surface area contributed by atoms with Gasteiger partial charge in [0, 0.05) is 5.69 Å². The number of aryl methyl sites for hydroxylation is 1. The molecule has 2 N–H and O–H groups in total. The molecule has 138 valence electrons. The average Bonchev–Trinajstić information content (AvgIpc) is 2.61. The van der Waals surface area contributed by atoms with E-state index in [-0.39, 0.29) is 17.4 Å². The molecular weight excluding hydrogens is 331 g/mol. The first-order chi connectivity index (χ1) is 12.4. The lowest BCUT2D eigenvalue weighted by Gasteiger charge is -2.22. The molecule has 0 aliphatic heterocycles. The van der Waals surface area contributed by atoms with Gasteiger partial charge < -0.3 is 10.6 Å². The van der Waals surface area contributed by atoms with Crippen LogP contribution in [0.4, 0.5) is 10.1 Å². The van der Waals surface area contributed by atoms with Crippen LogP contribution in [0.25, 0.3) is 0 Å². The van der Waals surface area contributed by atoms with Gasteiger partial charge in [-0.25, -0.2) is 4.39 Å². The van der Waals surface area contributed by atoms with Gasteiger partial charge in [-0.05, 0) is 42.2 Å². The molecule has 0 saturated heterocycles. The maximum Gasteiger partial charge on any atom is 0.254 e. The number of halogens is 1. The summed E-state index contributed by atoms with van der Waals surface area (Å²) in [6, 6.07) is 12.6. The molecule has 0 radical (unpaired) electrons. The molecule has 2 aromatic rings. The zero-order valence-corrected chi connectivity index (χ0v) is 15.4. The highest BCUT2D eigenvalue weighted by Gasteiger charge is 2.25. The predicted molar refractivity (Wildman–Crippen MR) is 102 cm³/mol. The summed E-state index contributed by atoms with van der Waals surface area (Å²) < 4.78 is 13.8. The van der Waals surface area contributed by atoms with Crippen LogP contribution < -0.4 is 10.6 Å². The van der Waals surface area contributed by atoms with Crippen LogP contribution in [-0.4, -0.2) is 17.9 Å². The molecule has 0 aliphatic carbocycles. The van der Waals surface area contributed by atoms with Gasteiger partial charge in [0.1, 0.15) is 11.9 Å². The average molecular weight is 356 g/mol. The lowest BCUT2D eigenvalue weighted by Crippen LogP contribution is -2.47. The van der Waals surface area contributed by atoms with Gasteiger partial charge in [0.15, 0.2) is 0 Å². The van der Waals surface area contributed by atoms with Gasteiger partial charge in [-0.2, -0.15) is 0 Å². The van der Waals surface area contributed by atoms with Crippen molar-refractivity contribution in [3.63, 3.8) is 0 Å². The van der Waals surface area contributed by atoms with Crippen LogP contribution >= 0.6 is 0 Å². The van der Waals surface area contributed by atoms with Crippen molar-refractivity contribution in [1.82, 2.24) is 5.32 Å². The molecule has 26 heavy (non-hydrogen) atoms. The predicted octanol–water partition coefficient (Wildman–Crippen LogP) is 4.17. The fourth-order valence-electron chi connectivity index (χ4n) is 2.66. The van der Waals surface area contributed by atoms with Gasteiger partial charge in [0.25, 0.3) is 5.91 Å². The van der Waals surface area contributed by atoms with Crippen LogP contribution in [0.3, 0.4) is 0 Å². The van der Waals surface area contributed by atoms with E-state index < -0.39 is 17.8 Å². The molecule has 0 aromatic heterocycles. The third-order valence-electron chi connectivity index (χ3n) is 4.11. The Hall–Kier alpha value is -2.69. The van der Waals surface area contributed by atoms with E-state index in [2.05, 4.69) is 17.6 Å². The normalized spacial score (nSPS) is 11.9. The molecule has 0 spiro atoms. The number of nitrogens with one attached hydrogen (secondary N) is 2. The first kappa shape index (κ1) is 19.6. The lowest BCUT2D eigenvalue weighted by atomic mass is 10.0. The number of rotatable bonds is 7. The topological polar surface area (TPSA) is 58.2 Å². The number of hydrogen-bond donors (Lipinski definition) is 2. The molecule has 0 aliphatic rings. The Labute approximate surface area is 153 Å². The molecule has 1 unspecified atom stereocenters. The highest BCUT2D eigenvalue weighted by Crippen LogP contribution is 2.14. The van der Waals surface area contributed by atoms with Crippen LogP contribution in [0.15, 0.2) is 48.5 Å². The summed E-state index contributed by atoms with van der Waals surface area (Å²) in [6.45, 7) is 5.77. The minimum Gasteiger partial charge on any atom is -0.340 e. The highest BCUT2D eigenvalue weighted by atomic mass is 19.1. The second kappa shape index (κ2) is 9.13. The third kappa shape index (κ3) is 5.15. The summed E-state index contributed by atoms with van der Waals surface area (Å²) in [5.41, 5.74) is 1.80. The van der Waals surface area contributed by atoms with Gasteiger partial charge in [0.05, 0.1) is 5.56 Å². The van der Waals surface area contributed by atoms with Gasteiger partial charge >= 0.3 is 0 Å². The van der Waals surface area contributed by atoms with Gasteiger partial charge in [0.2, 0.25) is 5.91 Å². The maximum atomic E-state index is 13.8. The molecule has 5 heteroatoms. The first-order valence-electron chi connectivity index (χ1n) is 8.87. The summed E-state index contributed by atoms with van der Waals surface area (Å²) in [6.07, 6.45) is 2.05. The fraction of sp³-hybridized carbons (Fsp3) is 0.333. The van der Waals surface area contributed by atoms with Crippen molar-refractivity contribution in [2.24, 2.45) is 5.92 Å². The van der Waals surface area contributed by atoms with Crippen LogP contribution in [0.5, 0.6) is 0 Å². The second-order valence-electron chi connectivity index (χ2n) is 6.61. The summed E-state index contributed by atoms with van der Waals surface area (Å²) in [7, 11) is 0. The molecule has 0 saturated carbocycles. The van der Waals surface area contributed by atoms with Crippen molar-refractivity contribution in [3.05, 3.63) is 65.5 Å². The van der Waals surface area contributed by atoms with Gasteiger partial charge in [-0.15, -0.1) is 0 Å². The molecule has 2 amide bonds. The van der Waals surface area contributed by atoms with Gasteiger partial charge in [-0.1, -0.05) is 51.5 Å². The van der Waals surface area contributed by atoms with Crippen molar-refractivity contribution >= 4 is 17.5 Å². The SMILES string of the molecule is CCCc1ccc(NC(=O)C(NC(=O)c2ccccc2F)C(C)C)cc1. The maximum absolute atomic E-state index is 13.8. The summed E-state index contributed by atoms with van der Waals surface area (Å²) in [4.78, 5) is 24.9. The number of carbonyl (C=O) groups is 2. The molecule has 2 aromatic carbocycles. The number of amides is 2. The molecule has 4 nitrogen and oxygen atoms in total. The quantitative estimate of drug-likeness (QED) is 0.782. The number of anilines is 1. The van der Waals surface area contributed by atoms with E-state index in [9.17, 15) is 14.0 Å². The van der Waals surface area contributed by atoms with Crippen molar-refractivity contribution in [2.75, 3.05) is 5.32 Å². The van der Waals surface area contributed by atoms with Crippen molar-refractivity contribution in [3.8, 4) is 0 Å². The van der Waals surface area contributed by atoms with E-state index in [1.54, 1.807) is 6.07 Å². The molecule has 2 rings (SSSR count). The van der Waals surface area contributed by atoms with E-state index in [0.717, 1.165) is 12.8 Å². The van der Waals surface area contributed by atoms with Crippen LogP contribution in [0.2, 0.25) is 0 Å². The van der Waals surface area contributed by atoms with E-state index in [0.29, 0.717) is 5.69 Å². The Bertz CT molecular complexity index is 757. The third-order valence-corrected chi connectivity index (χ3v) is 4.11. The zero-order chi connectivity index (χ0) is 19.1. The van der Waals surface area contributed by atoms with Crippen molar-refractivity contribution in [1.29, 1.82) is 0 Å². The second-order valence-corrected chi connectivity index (χ2v) is 6.61. The summed E-state index contributed by atoms with van der Waals surface area (Å²) in [5.74, 6) is -1.69. The molecule has 0 fully saturated rings. The van der Waals surface area contributed by atoms with E-state index in [1.807, 2.05) is 38.1 Å². The Balaban J connectivity index is 2.07. The zero-order valence-electron chi connectivity index (χ0n) is 15.4. The van der Waals surface area contributed by atoms with Crippen molar-refractivity contribution in [2.45, 2.75) is 39.7 Å². The van der Waals surface area contributed by atoms with E-state index in [4.69, 9.17) is 0 Å². The van der Waals surface area contributed by atoms with E-state index >= 15 is 0 Å². The van der Waals surface area contributed by atoms with Crippen LogP contribution in [-0.2, 0) is 11.2 Å². The fourth-order valence-corrected chi connectivity index (χ4v) is 2.66. The lowest BCUT2D eigenvalue weighted by molar-refractivity contribution is -0.118. The van der Waals surface area contributed by atoms with Crippen LogP contribution in [0.1, 0.15) is 43.1 Å². The number of hydrogen-bond acceptors (Lipinski definition) is 2. The first-order valence-corrected chi connectivity index (χ1v) is 8.87. The minimum atomic E-state index is -0.766. The molecule has 0 heterocycles. The largest absolute Gasteiger partial charge is 0.340 e. The Kier molecular flexibility index (Phi) is 6.89. The number of carbonyl (C=O) groups excluding carboxylic acids is 2. The van der Waals surface area contributed by atoms with Crippen LogP contribution in [0, 0.1) is 11.7 Å². The summed E-state index contributed by atoms with van der Waals surface area (Å²) in [5, 5.41) is 5.45.